The van der Waals surface area contributed by atoms with Gasteiger partial charge < -0.3 is 24.8 Å². The maximum absolute atomic E-state index is 11.9. The number of benzene rings is 1. The van der Waals surface area contributed by atoms with Crippen LogP contribution in [0.3, 0.4) is 0 Å². The van der Waals surface area contributed by atoms with Gasteiger partial charge in [-0.3, -0.25) is 0 Å². The van der Waals surface area contributed by atoms with Gasteiger partial charge in [-0.25, -0.2) is 14.8 Å². The van der Waals surface area contributed by atoms with E-state index in [0.717, 1.165) is 5.56 Å². The Labute approximate surface area is 149 Å². The van der Waals surface area contributed by atoms with Crippen molar-refractivity contribution in [2.24, 2.45) is 0 Å². The molecule has 0 spiro atoms. The van der Waals surface area contributed by atoms with Crippen molar-refractivity contribution >= 4 is 34.9 Å². The topological polar surface area (TPSA) is 94.6 Å². The summed E-state index contributed by atoms with van der Waals surface area (Å²) >= 11 is 6.00. The molecule has 0 atom stereocenters. The Morgan fingerprint density at radius 1 is 1.20 bits per heavy atom. The van der Waals surface area contributed by atoms with Crippen molar-refractivity contribution in [3.63, 3.8) is 0 Å². The molecule has 3 rings (SSSR count). The third-order valence-electron chi connectivity index (χ3n) is 3.54. The summed E-state index contributed by atoms with van der Waals surface area (Å²) in [5, 5.41) is 5.96. The summed E-state index contributed by atoms with van der Waals surface area (Å²) in [5.74, 6) is -0.0492. The van der Waals surface area contributed by atoms with E-state index in [1.807, 2.05) is 24.3 Å². The minimum atomic E-state index is -0.635. The number of methoxy groups -OCH3 is 1. The summed E-state index contributed by atoms with van der Waals surface area (Å²) in [7, 11) is 2.93. The monoisotopic (exact) mass is 364 g/mol. The van der Waals surface area contributed by atoms with E-state index in [0.29, 0.717) is 24.7 Å². The van der Waals surface area contributed by atoms with Crippen molar-refractivity contribution in [3.8, 4) is 0 Å². The van der Waals surface area contributed by atoms with Crippen molar-refractivity contribution in [1.29, 1.82) is 0 Å². The maximum atomic E-state index is 11.9. The van der Waals surface area contributed by atoms with E-state index in [2.05, 4.69) is 20.6 Å². The molecule has 25 heavy (non-hydrogen) atoms. The molecule has 0 radical (unpaired) electrons. The molecule has 9 heteroatoms. The van der Waals surface area contributed by atoms with Gasteiger partial charge in [-0.1, -0.05) is 23.7 Å². The van der Waals surface area contributed by atoms with Crippen LogP contribution in [-0.2, 0) is 14.2 Å². The standard InChI is InChI=1S/C16H17ClN4O4/c1-18-14-12(17)20-11(15(22)23-2)13(21-14)19-10-5-3-9(4-6-10)16-24-7-8-25-16/h3-6,16H,7-8H2,1-2H3,(H2,18,19,21). The van der Waals surface area contributed by atoms with Crippen molar-refractivity contribution in [1.82, 2.24) is 9.97 Å². The molecule has 0 aliphatic carbocycles. The van der Waals surface area contributed by atoms with Crippen LogP contribution in [0, 0.1) is 0 Å². The van der Waals surface area contributed by atoms with Crippen molar-refractivity contribution in [3.05, 3.63) is 40.7 Å². The first-order valence-electron chi connectivity index (χ1n) is 7.56. The quantitative estimate of drug-likeness (QED) is 0.782. The molecule has 1 aromatic carbocycles. The number of esters is 1. The molecule has 2 aromatic rings. The molecule has 0 unspecified atom stereocenters. The number of hydrogen-bond acceptors (Lipinski definition) is 8. The number of hydrogen-bond donors (Lipinski definition) is 2. The van der Waals surface area contributed by atoms with Crippen LogP contribution in [-0.4, -0.2) is 43.3 Å². The van der Waals surface area contributed by atoms with Crippen LogP contribution >= 0.6 is 11.6 Å². The third-order valence-corrected chi connectivity index (χ3v) is 3.80. The predicted molar refractivity (Wildman–Crippen MR) is 92.3 cm³/mol. The average molecular weight is 365 g/mol. The second-order valence-electron chi connectivity index (χ2n) is 5.12. The van der Waals surface area contributed by atoms with Crippen LogP contribution in [0.1, 0.15) is 22.3 Å². The lowest BCUT2D eigenvalue weighted by Crippen LogP contribution is -2.12. The fraction of sp³-hybridized carbons (Fsp3) is 0.312. The van der Waals surface area contributed by atoms with E-state index in [9.17, 15) is 4.79 Å². The van der Waals surface area contributed by atoms with E-state index in [4.69, 9.17) is 25.8 Å². The molecule has 0 amide bonds. The van der Waals surface area contributed by atoms with Gasteiger partial charge in [0.2, 0.25) is 0 Å². The SMILES string of the molecule is CNc1nc(Nc2ccc(C3OCCO3)cc2)c(C(=O)OC)nc1Cl. The fourth-order valence-corrected chi connectivity index (χ4v) is 2.53. The van der Waals surface area contributed by atoms with Crippen molar-refractivity contribution in [2.45, 2.75) is 6.29 Å². The molecule has 1 aromatic heterocycles. The summed E-state index contributed by atoms with van der Waals surface area (Å²) in [6.45, 7) is 1.17. The summed E-state index contributed by atoms with van der Waals surface area (Å²) in [6.07, 6.45) is -0.342. The number of nitrogens with zero attached hydrogens (tertiary/aromatic N) is 2. The van der Waals surface area contributed by atoms with E-state index in [-0.39, 0.29) is 23.0 Å². The highest BCUT2D eigenvalue weighted by molar-refractivity contribution is 6.32. The van der Waals surface area contributed by atoms with Gasteiger partial charge in [-0.2, -0.15) is 0 Å². The molecule has 1 aliphatic rings. The minimum Gasteiger partial charge on any atom is -0.464 e. The minimum absolute atomic E-state index is 0.00182. The normalized spacial score (nSPS) is 14.4. The number of carbonyl (C=O) groups is 1. The molecule has 132 valence electrons. The second-order valence-corrected chi connectivity index (χ2v) is 5.48. The molecular formula is C16H17ClN4O4. The number of rotatable bonds is 5. The Morgan fingerprint density at radius 3 is 2.48 bits per heavy atom. The van der Waals surface area contributed by atoms with Gasteiger partial charge in [-0.05, 0) is 12.1 Å². The van der Waals surface area contributed by atoms with Gasteiger partial charge in [0.25, 0.3) is 0 Å². The van der Waals surface area contributed by atoms with Crippen LogP contribution in [0.25, 0.3) is 0 Å². The Hall–Kier alpha value is -2.42. The van der Waals surface area contributed by atoms with Gasteiger partial charge >= 0.3 is 5.97 Å². The zero-order valence-electron chi connectivity index (χ0n) is 13.7. The summed E-state index contributed by atoms with van der Waals surface area (Å²) < 4.78 is 15.6. The first-order chi connectivity index (χ1) is 12.1. The molecular weight excluding hydrogens is 348 g/mol. The lowest BCUT2D eigenvalue weighted by atomic mass is 10.2. The van der Waals surface area contributed by atoms with Crippen LogP contribution < -0.4 is 10.6 Å². The summed E-state index contributed by atoms with van der Waals surface area (Å²) in [5.41, 5.74) is 1.62. The highest BCUT2D eigenvalue weighted by atomic mass is 35.5. The van der Waals surface area contributed by atoms with E-state index < -0.39 is 5.97 Å². The number of carbonyl (C=O) groups excluding carboxylic acids is 1. The first-order valence-corrected chi connectivity index (χ1v) is 7.94. The molecule has 0 bridgehead atoms. The lowest BCUT2D eigenvalue weighted by Gasteiger charge is -2.13. The molecule has 2 N–H and O–H groups in total. The van der Waals surface area contributed by atoms with E-state index in [1.54, 1.807) is 7.05 Å². The zero-order chi connectivity index (χ0) is 17.8. The number of halogens is 1. The zero-order valence-corrected chi connectivity index (χ0v) is 14.5. The Bertz CT molecular complexity index is 763. The van der Waals surface area contributed by atoms with Crippen LogP contribution in [0.4, 0.5) is 17.3 Å². The highest BCUT2D eigenvalue weighted by Crippen LogP contribution is 2.27. The number of aromatic nitrogens is 2. The lowest BCUT2D eigenvalue weighted by molar-refractivity contribution is -0.0441. The first kappa shape index (κ1) is 17.4. The largest absolute Gasteiger partial charge is 0.464 e. The summed E-state index contributed by atoms with van der Waals surface area (Å²) in [4.78, 5) is 20.3. The Morgan fingerprint density at radius 2 is 1.88 bits per heavy atom. The predicted octanol–water partition coefficient (Wildman–Crippen LogP) is 2.75. The van der Waals surface area contributed by atoms with Crippen LogP contribution in [0.15, 0.2) is 24.3 Å². The Kier molecular flexibility index (Phi) is 5.32. The second kappa shape index (κ2) is 7.64. The van der Waals surface area contributed by atoms with E-state index >= 15 is 0 Å². The smallest absolute Gasteiger partial charge is 0.360 e. The molecule has 1 aliphatic heterocycles. The maximum Gasteiger partial charge on any atom is 0.360 e. The van der Waals surface area contributed by atoms with Gasteiger partial charge in [0.1, 0.15) is 0 Å². The van der Waals surface area contributed by atoms with Crippen molar-refractivity contribution < 1.29 is 19.0 Å². The highest BCUT2D eigenvalue weighted by Gasteiger charge is 2.20. The van der Waals surface area contributed by atoms with E-state index in [1.165, 1.54) is 7.11 Å². The van der Waals surface area contributed by atoms with Gasteiger partial charge in [0, 0.05) is 18.3 Å². The Balaban J connectivity index is 1.87. The van der Waals surface area contributed by atoms with Gasteiger partial charge in [-0.15, -0.1) is 0 Å². The number of ether oxygens (including phenoxy) is 3. The molecule has 1 saturated heterocycles. The van der Waals surface area contributed by atoms with Crippen LogP contribution in [0.2, 0.25) is 5.15 Å². The van der Waals surface area contributed by atoms with Gasteiger partial charge in [0.15, 0.2) is 28.8 Å². The number of nitrogens with one attached hydrogen (secondary N) is 2. The molecule has 2 heterocycles. The fourth-order valence-electron chi connectivity index (χ4n) is 2.31. The average Bonchev–Trinajstić information content (AvgIpc) is 3.17. The third kappa shape index (κ3) is 3.81. The number of anilines is 3. The molecule has 0 saturated carbocycles. The molecule has 1 fully saturated rings. The summed E-state index contributed by atoms with van der Waals surface area (Å²) in [6, 6.07) is 7.41. The van der Waals surface area contributed by atoms with Gasteiger partial charge in [0.05, 0.1) is 20.3 Å². The molecule has 8 nitrogen and oxygen atoms in total. The van der Waals surface area contributed by atoms with Crippen molar-refractivity contribution in [2.75, 3.05) is 38.0 Å². The van der Waals surface area contributed by atoms with Crippen LogP contribution in [0.5, 0.6) is 0 Å².